The van der Waals surface area contributed by atoms with E-state index in [1.807, 2.05) is 0 Å². The Labute approximate surface area is 46.1 Å². The molecule has 0 spiro atoms. The van der Waals surface area contributed by atoms with E-state index in [0.29, 0.717) is 11.4 Å². The van der Waals surface area contributed by atoms with Crippen LogP contribution in [0.1, 0.15) is 6.42 Å². The lowest BCUT2D eigenvalue weighted by Gasteiger charge is -1.86. The summed E-state index contributed by atoms with van der Waals surface area (Å²) in [7, 11) is 0. The molecule has 0 aliphatic carbocycles. The molecule has 0 aromatic rings. The summed E-state index contributed by atoms with van der Waals surface area (Å²) in [6.45, 7) is 0. The standard InChI is InChI=1S/C3H4N2OS/c6-2-1-3(7)5-4-2/h1H2,(H,4,6)(H,5,7). The van der Waals surface area contributed by atoms with Crippen molar-refractivity contribution in [3.05, 3.63) is 0 Å². The largest absolute Gasteiger partial charge is 0.291 e. The molecule has 1 amide bonds. The average molecular weight is 116 g/mol. The lowest BCUT2D eigenvalue weighted by molar-refractivity contribution is -0.119. The molecule has 0 unspecified atom stereocenters. The first kappa shape index (κ1) is 4.52. The molecule has 3 nitrogen and oxygen atoms in total. The first-order valence-corrected chi connectivity index (χ1v) is 2.27. The van der Waals surface area contributed by atoms with Crippen molar-refractivity contribution < 1.29 is 4.79 Å². The number of carbonyl (C=O) groups excluding carboxylic acids is 1. The molecule has 7 heavy (non-hydrogen) atoms. The number of amides is 1. The number of hydrogen-bond donors (Lipinski definition) is 2. The van der Waals surface area contributed by atoms with Gasteiger partial charge in [-0.2, -0.15) is 0 Å². The maximum atomic E-state index is 10.2. The quantitative estimate of drug-likeness (QED) is 0.413. The monoisotopic (exact) mass is 116 g/mol. The molecule has 38 valence electrons. The number of carbonyl (C=O) groups is 1. The van der Waals surface area contributed by atoms with Crippen molar-refractivity contribution in [3.8, 4) is 0 Å². The highest BCUT2D eigenvalue weighted by atomic mass is 32.1. The molecule has 0 saturated carbocycles. The molecule has 1 aliphatic rings. The lowest BCUT2D eigenvalue weighted by atomic mass is 10.5. The number of thiocarbonyl (C=S) groups is 1. The minimum atomic E-state index is -0.0509. The third-order valence-corrected chi connectivity index (χ3v) is 0.909. The zero-order valence-electron chi connectivity index (χ0n) is 3.52. The van der Waals surface area contributed by atoms with Crippen LogP contribution in [0.25, 0.3) is 0 Å². The second kappa shape index (κ2) is 1.46. The molecular weight excluding hydrogens is 112 g/mol. The van der Waals surface area contributed by atoms with E-state index in [1.54, 1.807) is 0 Å². The highest BCUT2D eigenvalue weighted by Crippen LogP contribution is 1.86. The van der Waals surface area contributed by atoms with Crippen molar-refractivity contribution >= 4 is 23.1 Å². The van der Waals surface area contributed by atoms with Gasteiger partial charge in [0.2, 0.25) is 5.91 Å². The minimum absolute atomic E-state index is 0.0509. The third-order valence-electron chi connectivity index (χ3n) is 0.662. The van der Waals surface area contributed by atoms with Gasteiger partial charge in [-0.3, -0.25) is 15.6 Å². The Hall–Kier alpha value is -0.640. The van der Waals surface area contributed by atoms with Crippen molar-refractivity contribution in [2.75, 3.05) is 0 Å². The second-order valence-corrected chi connectivity index (χ2v) is 1.77. The van der Waals surface area contributed by atoms with E-state index in [1.165, 1.54) is 0 Å². The topological polar surface area (TPSA) is 41.1 Å². The van der Waals surface area contributed by atoms with Gasteiger partial charge in [0.1, 0.15) is 4.99 Å². The van der Waals surface area contributed by atoms with Crippen molar-refractivity contribution in [2.45, 2.75) is 6.42 Å². The maximum absolute atomic E-state index is 10.2. The first-order chi connectivity index (χ1) is 3.29. The van der Waals surface area contributed by atoms with Crippen LogP contribution in [0.15, 0.2) is 0 Å². The van der Waals surface area contributed by atoms with Gasteiger partial charge in [0.25, 0.3) is 0 Å². The number of nitrogens with one attached hydrogen (secondary N) is 2. The van der Waals surface area contributed by atoms with Gasteiger partial charge in [-0.25, -0.2) is 0 Å². The van der Waals surface area contributed by atoms with Crippen LogP contribution in [0.3, 0.4) is 0 Å². The second-order valence-electron chi connectivity index (χ2n) is 1.27. The summed E-state index contributed by atoms with van der Waals surface area (Å²) in [4.78, 5) is 10.8. The Morgan fingerprint density at radius 2 is 2.29 bits per heavy atom. The van der Waals surface area contributed by atoms with Gasteiger partial charge in [-0.1, -0.05) is 12.2 Å². The summed E-state index contributed by atoms with van der Waals surface area (Å²) in [5.41, 5.74) is 4.84. The van der Waals surface area contributed by atoms with Gasteiger partial charge in [0.15, 0.2) is 0 Å². The fourth-order valence-corrected chi connectivity index (χ4v) is 0.556. The molecule has 0 aromatic heterocycles. The van der Waals surface area contributed by atoms with E-state index >= 15 is 0 Å². The summed E-state index contributed by atoms with van der Waals surface area (Å²) in [6.07, 6.45) is 0.343. The van der Waals surface area contributed by atoms with Gasteiger partial charge >= 0.3 is 0 Å². The van der Waals surface area contributed by atoms with E-state index in [4.69, 9.17) is 0 Å². The van der Waals surface area contributed by atoms with Crippen LogP contribution in [0.2, 0.25) is 0 Å². The van der Waals surface area contributed by atoms with E-state index in [9.17, 15) is 4.79 Å². The van der Waals surface area contributed by atoms with E-state index in [2.05, 4.69) is 23.1 Å². The molecule has 4 heteroatoms. The molecule has 0 bridgehead atoms. The van der Waals surface area contributed by atoms with Crippen LogP contribution in [0, 0.1) is 0 Å². The number of hydrazine groups is 1. The van der Waals surface area contributed by atoms with Gasteiger partial charge in [0, 0.05) is 0 Å². The molecule has 0 radical (unpaired) electrons. The molecule has 1 aliphatic heterocycles. The smallest absolute Gasteiger partial charge is 0.245 e. The summed E-state index contributed by atoms with van der Waals surface area (Å²) >= 11 is 4.60. The molecule has 1 saturated heterocycles. The van der Waals surface area contributed by atoms with Crippen molar-refractivity contribution in [2.24, 2.45) is 0 Å². The highest BCUT2D eigenvalue weighted by molar-refractivity contribution is 7.80. The summed E-state index contributed by atoms with van der Waals surface area (Å²) < 4.78 is 0. The van der Waals surface area contributed by atoms with Gasteiger partial charge < -0.3 is 0 Å². The Kier molecular flexibility index (Phi) is 0.941. The molecule has 1 fully saturated rings. The molecule has 1 rings (SSSR count). The van der Waals surface area contributed by atoms with Crippen LogP contribution in [0.5, 0.6) is 0 Å². The third kappa shape index (κ3) is 0.866. The van der Waals surface area contributed by atoms with Crippen LogP contribution in [-0.2, 0) is 4.79 Å². The fraction of sp³-hybridized carbons (Fsp3) is 0.333. The maximum Gasteiger partial charge on any atom is 0.245 e. The van der Waals surface area contributed by atoms with Gasteiger partial charge in [-0.15, -0.1) is 0 Å². The molecule has 2 N–H and O–H groups in total. The van der Waals surface area contributed by atoms with E-state index in [0.717, 1.165) is 0 Å². The molecule has 0 aromatic carbocycles. The van der Waals surface area contributed by atoms with Gasteiger partial charge in [-0.05, 0) is 0 Å². The predicted molar refractivity (Wildman–Crippen MR) is 28.5 cm³/mol. The molecule has 0 atom stereocenters. The average Bonchev–Trinajstić information content (AvgIpc) is 1.87. The number of rotatable bonds is 0. The van der Waals surface area contributed by atoms with Crippen LogP contribution < -0.4 is 10.9 Å². The highest BCUT2D eigenvalue weighted by Gasteiger charge is 2.11. The van der Waals surface area contributed by atoms with Gasteiger partial charge in [0.05, 0.1) is 6.42 Å². The Morgan fingerprint density at radius 3 is 2.43 bits per heavy atom. The minimum Gasteiger partial charge on any atom is -0.291 e. The summed E-state index contributed by atoms with van der Waals surface area (Å²) in [5.74, 6) is -0.0509. The summed E-state index contributed by atoms with van der Waals surface area (Å²) in [5, 5.41) is 0. The first-order valence-electron chi connectivity index (χ1n) is 1.87. The molecular formula is C3H4N2OS. The predicted octanol–water partition coefficient (Wildman–Crippen LogP) is -0.662. The van der Waals surface area contributed by atoms with E-state index < -0.39 is 0 Å². The Bertz CT molecular complexity index is 108. The molecule has 1 heterocycles. The Balaban J connectivity index is 2.55. The van der Waals surface area contributed by atoms with Crippen LogP contribution in [0.4, 0.5) is 0 Å². The summed E-state index contributed by atoms with van der Waals surface area (Å²) in [6, 6.07) is 0. The SMILES string of the molecule is O=C1CC(=S)NN1. The van der Waals surface area contributed by atoms with Crippen molar-refractivity contribution in [1.82, 2.24) is 10.9 Å². The van der Waals surface area contributed by atoms with Crippen molar-refractivity contribution in [1.29, 1.82) is 0 Å². The zero-order chi connectivity index (χ0) is 5.28. The lowest BCUT2D eigenvalue weighted by Crippen LogP contribution is -2.27. The Morgan fingerprint density at radius 1 is 1.57 bits per heavy atom. The van der Waals surface area contributed by atoms with Crippen LogP contribution in [-0.4, -0.2) is 10.9 Å². The number of hydrogen-bond acceptors (Lipinski definition) is 2. The zero-order valence-corrected chi connectivity index (χ0v) is 4.34. The fourth-order valence-electron chi connectivity index (χ4n) is 0.374. The van der Waals surface area contributed by atoms with Crippen molar-refractivity contribution in [3.63, 3.8) is 0 Å². The van der Waals surface area contributed by atoms with E-state index in [-0.39, 0.29) is 5.91 Å². The normalized spacial score (nSPS) is 18.9. The van der Waals surface area contributed by atoms with Crippen LogP contribution >= 0.6 is 12.2 Å².